The fourth-order valence-corrected chi connectivity index (χ4v) is 2.60. The molecular weight excluding hydrogens is 248 g/mol. The number of carbonyl (C=O) groups excluding carboxylic acids is 3. The van der Waals surface area contributed by atoms with Gasteiger partial charge in [-0.05, 0) is 32.2 Å². The van der Waals surface area contributed by atoms with Gasteiger partial charge in [-0.15, -0.1) is 0 Å². The molecule has 2 saturated heterocycles. The molecule has 0 radical (unpaired) electrons. The Morgan fingerprint density at radius 2 is 2.16 bits per heavy atom. The Morgan fingerprint density at radius 1 is 1.37 bits per heavy atom. The Kier molecular flexibility index (Phi) is 4.36. The van der Waals surface area contributed by atoms with Crippen LogP contribution in [0.25, 0.3) is 0 Å². The first-order chi connectivity index (χ1) is 9.08. The molecular formula is C12H20N4O3. The average Bonchev–Trinajstić information content (AvgIpc) is 2.87. The fraction of sp³-hybridized carbons (Fsp3) is 0.750. The summed E-state index contributed by atoms with van der Waals surface area (Å²) in [7, 11) is 0. The molecule has 0 aliphatic carbocycles. The van der Waals surface area contributed by atoms with E-state index in [0.29, 0.717) is 13.0 Å². The second kappa shape index (κ2) is 6.01. The highest BCUT2D eigenvalue weighted by Gasteiger charge is 2.32. The van der Waals surface area contributed by atoms with Crippen molar-refractivity contribution in [2.24, 2.45) is 5.73 Å². The van der Waals surface area contributed by atoms with Crippen molar-refractivity contribution in [3.63, 3.8) is 0 Å². The summed E-state index contributed by atoms with van der Waals surface area (Å²) in [6.45, 7) is 1.28. The van der Waals surface area contributed by atoms with E-state index in [1.807, 2.05) is 0 Å². The Hall–Kier alpha value is -1.63. The van der Waals surface area contributed by atoms with Crippen LogP contribution < -0.4 is 16.4 Å². The summed E-state index contributed by atoms with van der Waals surface area (Å²) in [5.41, 5.74) is 5.10. The number of nitrogens with one attached hydrogen (secondary N) is 2. The zero-order valence-electron chi connectivity index (χ0n) is 10.9. The number of hydrogen-bond acceptors (Lipinski definition) is 4. The summed E-state index contributed by atoms with van der Waals surface area (Å²) in [6.07, 6.45) is 3.16. The summed E-state index contributed by atoms with van der Waals surface area (Å²) in [5, 5.41) is 5.86. The third-order valence-corrected chi connectivity index (χ3v) is 3.57. The molecule has 7 nitrogen and oxygen atoms in total. The Labute approximate surface area is 111 Å². The van der Waals surface area contributed by atoms with Gasteiger partial charge in [0.1, 0.15) is 6.04 Å². The van der Waals surface area contributed by atoms with Crippen molar-refractivity contribution in [1.29, 1.82) is 0 Å². The highest BCUT2D eigenvalue weighted by molar-refractivity contribution is 5.92. The van der Waals surface area contributed by atoms with Crippen LogP contribution in [0.15, 0.2) is 0 Å². The highest BCUT2D eigenvalue weighted by atomic mass is 16.2. The predicted molar refractivity (Wildman–Crippen MR) is 68.0 cm³/mol. The molecule has 4 N–H and O–H groups in total. The molecule has 106 valence electrons. The van der Waals surface area contributed by atoms with E-state index in [0.717, 1.165) is 25.8 Å². The van der Waals surface area contributed by atoms with Crippen LogP contribution >= 0.6 is 0 Å². The van der Waals surface area contributed by atoms with Crippen LogP contribution in [0.3, 0.4) is 0 Å². The molecule has 2 aliphatic rings. The number of primary amides is 1. The van der Waals surface area contributed by atoms with Gasteiger partial charge in [0.2, 0.25) is 17.7 Å². The SMILES string of the molecule is NC(=O)CN1CCC[C@@H](NC(=O)[C@@H]2CCCN2)C1=O. The van der Waals surface area contributed by atoms with Gasteiger partial charge in [-0.3, -0.25) is 14.4 Å². The first kappa shape index (κ1) is 13.8. The topological polar surface area (TPSA) is 105 Å². The van der Waals surface area contributed by atoms with Gasteiger partial charge >= 0.3 is 0 Å². The van der Waals surface area contributed by atoms with Crippen LogP contribution in [0.5, 0.6) is 0 Å². The van der Waals surface area contributed by atoms with Crippen molar-refractivity contribution in [3.8, 4) is 0 Å². The minimum atomic E-state index is -0.530. The smallest absolute Gasteiger partial charge is 0.245 e. The first-order valence-corrected chi connectivity index (χ1v) is 6.69. The van der Waals surface area contributed by atoms with Gasteiger partial charge < -0.3 is 21.3 Å². The largest absolute Gasteiger partial charge is 0.368 e. The number of nitrogens with zero attached hydrogens (tertiary/aromatic N) is 1. The van der Waals surface area contributed by atoms with Crippen LogP contribution in [0.2, 0.25) is 0 Å². The normalized spacial score (nSPS) is 27.4. The van der Waals surface area contributed by atoms with E-state index in [9.17, 15) is 14.4 Å². The Morgan fingerprint density at radius 3 is 2.79 bits per heavy atom. The Balaban J connectivity index is 1.90. The van der Waals surface area contributed by atoms with Crippen LogP contribution in [-0.2, 0) is 14.4 Å². The summed E-state index contributed by atoms with van der Waals surface area (Å²) in [4.78, 5) is 36.3. The van der Waals surface area contributed by atoms with Crippen molar-refractivity contribution in [2.45, 2.75) is 37.8 Å². The number of nitrogens with two attached hydrogens (primary N) is 1. The molecule has 0 bridgehead atoms. The van der Waals surface area contributed by atoms with Crippen molar-refractivity contribution in [3.05, 3.63) is 0 Å². The van der Waals surface area contributed by atoms with E-state index in [1.165, 1.54) is 4.90 Å². The molecule has 0 aromatic heterocycles. The van der Waals surface area contributed by atoms with Crippen molar-refractivity contribution in [2.75, 3.05) is 19.6 Å². The monoisotopic (exact) mass is 268 g/mol. The van der Waals surface area contributed by atoms with Crippen molar-refractivity contribution >= 4 is 17.7 Å². The van der Waals surface area contributed by atoms with Crippen LogP contribution in [0.4, 0.5) is 0 Å². The second-order valence-electron chi connectivity index (χ2n) is 5.08. The molecule has 19 heavy (non-hydrogen) atoms. The maximum Gasteiger partial charge on any atom is 0.245 e. The molecule has 7 heteroatoms. The van der Waals surface area contributed by atoms with Crippen molar-refractivity contribution in [1.82, 2.24) is 15.5 Å². The molecule has 2 rings (SSSR count). The van der Waals surface area contributed by atoms with Crippen molar-refractivity contribution < 1.29 is 14.4 Å². The maximum absolute atomic E-state index is 12.1. The van der Waals surface area contributed by atoms with Gasteiger partial charge in [0.05, 0.1) is 12.6 Å². The number of likely N-dealkylation sites (tertiary alicyclic amines) is 1. The molecule has 2 fully saturated rings. The molecule has 0 saturated carbocycles. The van der Waals surface area contributed by atoms with Gasteiger partial charge in [-0.25, -0.2) is 0 Å². The van der Waals surface area contributed by atoms with E-state index >= 15 is 0 Å². The van der Waals surface area contributed by atoms with E-state index in [2.05, 4.69) is 10.6 Å². The van der Waals surface area contributed by atoms with E-state index < -0.39 is 11.9 Å². The number of piperidine rings is 1. The highest BCUT2D eigenvalue weighted by Crippen LogP contribution is 2.13. The van der Waals surface area contributed by atoms with Gasteiger partial charge in [-0.2, -0.15) is 0 Å². The number of rotatable bonds is 4. The predicted octanol–water partition coefficient (Wildman–Crippen LogP) is -1.67. The third-order valence-electron chi connectivity index (χ3n) is 3.57. The van der Waals surface area contributed by atoms with Crippen LogP contribution in [0.1, 0.15) is 25.7 Å². The zero-order chi connectivity index (χ0) is 13.8. The van der Waals surface area contributed by atoms with Gasteiger partial charge in [0.15, 0.2) is 0 Å². The number of hydrogen-bond donors (Lipinski definition) is 3. The molecule has 0 aromatic carbocycles. The lowest BCUT2D eigenvalue weighted by Gasteiger charge is -2.32. The zero-order valence-corrected chi connectivity index (χ0v) is 10.9. The molecule has 2 atom stereocenters. The quantitative estimate of drug-likeness (QED) is 0.567. The average molecular weight is 268 g/mol. The summed E-state index contributed by atoms with van der Waals surface area (Å²) < 4.78 is 0. The summed E-state index contributed by atoms with van der Waals surface area (Å²) in [6, 6.07) is -0.720. The van der Waals surface area contributed by atoms with Crippen LogP contribution in [-0.4, -0.2) is 54.3 Å². The molecule has 2 heterocycles. The van der Waals surface area contributed by atoms with Gasteiger partial charge in [0, 0.05) is 6.54 Å². The number of carbonyl (C=O) groups is 3. The summed E-state index contributed by atoms with van der Waals surface area (Å²) in [5.74, 6) is -0.869. The van der Waals surface area contributed by atoms with Crippen LogP contribution in [0, 0.1) is 0 Å². The molecule has 0 spiro atoms. The minimum Gasteiger partial charge on any atom is -0.368 e. The van der Waals surface area contributed by atoms with E-state index in [4.69, 9.17) is 5.73 Å². The van der Waals surface area contributed by atoms with Gasteiger partial charge in [0.25, 0.3) is 0 Å². The summed E-state index contributed by atoms with van der Waals surface area (Å²) >= 11 is 0. The maximum atomic E-state index is 12.1. The van der Waals surface area contributed by atoms with Gasteiger partial charge in [-0.1, -0.05) is 0 Å². The lowest BCUT2D eigenvalue weighted by Crippen LogP contribution is -2.56. The second-order valence-corrected chi connectivity index (χ2v) is 5.08. The first-order valence-electron chi connectivity index (χ1n) is 6.69. The van der Waals surface area contributed by atoms with E-state index in [-0.39, 0.29) is 24.4 Å². The standard InChI is InChI=1S/C12H20N4O3/c13-10(17)7-16-6-2-4-9(12(16)19)15-11(18)8-3-1-5-14-8/h8-9,14H,1-7H2,(H2,13,17)(H,15,18)/t8-,9+/m0/s1. The number of amides is 3. The minimum absolute atomic E-state index is 0.0765. The lowest BCUT2D eigenvalue weighted by atomic mass is 10.0. The molecule has 3 amide bonds. The molecule has 2 aliphatic heterocycles. The molecule has 0 aromatic rings. The molecule has 0 unspecified atom stereocenters. The lowest BCUT2D eigenvalue weighted by molar-refractivity contribution is -0.141. The third kappa shape index (κ3) is 3.44. The van der Waals surface area contributed by atoms with E-state index in [1.54, 1.807) is 0 Å². The fourth-order valence-electron chi connectivity index (χ4n) is 2.60. The Bertz CT molecular complexity index is 379.